The number of aryl methyl sites for hydroxylation is 2. The molecule has 0 aliphatic carbocycles. The first kappa shape index (κ1) is 32.2. The van der Waals surface area contributed by atoms with Gasteiger partial charge in [-0.15, -0.1) is 0 Å². The fourth-order valence-corrected chi connectivity index (χ4v) is 5.44. The topological polar surface area (TPSA) is 8.81 Å². The summed E-state index contributed by atoms with van der Waals surface area (Å²) in [4.78, 5) is 0. The second-order valence-corrected chi connectivity index (χ2v) is 11.3. The Balaban J connectivity index is 2.20. The van der Waals surface area contributed by atoms with Crippen molar-refractivity contribution in [1.82, 2.24) is 4.57 Å². The fraction of sp³-hybridized carbons (Fsp3) is 0.909. The van der Waals surface area contributed by atoms with Gasteiger partial charge < -0.3 is 0 Å². The third-order valence-corrected chi connectivity index (χ3v) is 7.85. The van der Waals surface area contributed by atoms with Crippen LogP contribution in [0.2, 0.25) is 0 Å². The highest BCUT2D eigenvalue weighted by Gasteiger charge is 2.16. The minimum Gasteiger partial charge on any atom is -0.234 e. The van der Waals surface area contributed by atoms with Gasteiger partial charge in [-0.25, -0.2) is 9.13 Å². The Kier molecular flexibility index (Phi) is 22.9. The highest BCUT2D eigenvalue weighted by molar-refractivity contribution is 4.84. The summed E-state index contributed by atoms with van der Waals surface area (Å²) >= 11 is 0. The van der Waals surface area contributed by atoms with Crippen LogP contribution >= 0.6 is 0 Å². The minimum absolute atomic E-state index is 1.22. The minimum atomic E-state index is 1.22. The molecule has 0 unspecified atom stereocenters. The van der Waals surface area contributed by atoms with Crippen LogP contribution in [0.15, 0.2) is 12.4 Å². The molecule has 2 nitrogen and oxygen atoms in total. The first-order valence-corrected chi connectivity index (χ1v) is 16.4. The van der Waals surface area contributed by atoms with Crippen molar-refractivity contribution in [2.75, 3.05) is 0 Å². The molecule has 0 amide bonds. The molecule has 0 bridgehead atoms. The van der Waals surface area contributed by atoms with Gasteiger partial charge in [0.25, 0.3) is 5.82 Å². The number of hydrogen-bond donors (Lipinski definition) is 0. The van der Waals surface area contributed by atoms with Crippen molar-refractivity contribution in [1.29, 1.82) is 0 Å². The summed E-state index contributed by atoms with van der Waals surface area (Å²) in [6, 6.07) is 0. The third kappa shape index (κ3) is 18.2. The first-order valence-electron chi connectivity index (χ1n) is 16.4. The average Bonchev–Trinajstić information content (AvgIpc) is 3.25. The molecule has 0 spiro atoms. The van der Waals surface area contributed by atoms with Crippen LogP contribution in [0, 0.1) is 0 Å². The Labute approximate surface area is 221 Å². The van der Waals surface area contributed by atoms with Gasteiger partial charge >= 0.3 is 0 Å². The van der Waals surface area contributed by atoms with E-state index in [4.69, 9.17) is 0 Å². The van der Waals surface area contributed by atoms with Crippen LogP contribution in [-0.2, 0) is 19.5 Å². The average molecular weight is 490 g/mol. The number of hydrogen-bond acceptors (Lipinski definition) is 0. The zero-order valence-electron chi connectivity index (χ0n) is 24.6. The predicted octanol–water partition coefficient (Wildman–Crippen LogP) is 10.7. The molecule has 0 saturated heterocycles. The second kappa shape index (κ2) is 24.9. The molecule has 35 heavy (non-hydrogen) atoms. The Morgan fingerprint density at radius 3 is 1.37 bits per heavy atom. The summed E-state index contributed by atoms with van der Waals surface area (Å²) < 4.78 is 5.20. The van der Waals surface area contributed by atoms with E-state index < -0.39 is 0 Å². The van der Waals surface area contributed by atoms with E-state index in [0.717, 1.165) is 0 Å². The van der Waals surface area contributed by atoms with Gasteiger partial charge in [-0.05, 0) is 32.1 Å². The van der Waals surface area contributed by atoms with Crippen molar-refractivity contribution in [3.63, 3.8) is 0 Å². The maximum Gasteiger partial charge on any atom is 0.256 e. The SMILES string of the molecule is CCCCCCCCCCCCCCCC[n+]1ccn(CCCCCCC)c1CCCCCCC. The molecule has 0 aliphatic heterocycles. The normalized spacial score (nSPS) is 11.5. The van der Waals surface area contributed by atoms with Crippen molar-refractivity contribution < 1.29 is 4.57 Å². The summed E-state index contributed by atoms with van der Waals surface area (Å²) in [5, 5.41) is 0. The molecule has 0 aromatic carbocycles. The molecule has 0 fully saturated rings. The van der Waals surface area contributed by atoms with Gasteiger partial charge in [-0.1, -0.05) is 143 Å². The molecular weight excluding hydrogens is 424 g/mol. The standard InChI is InChI=1S/C33H65N2/c1-4-7-10-13-14-15-16-17-18-19-20-21-24-27-30-35-32-31-34(29-26-23-12-9-6-3)33(35)28-25-22-11-8-5-2/h31-32H,4-30H2,1-3H3/q+1. The molecule has 1 aromatic heterocycles. The van der Waals surface area contributed by atoms with Crippen LogP contribution in [0.3, 0.4) is 0 Å². The Hall–Kier alpha value is -0.790. The van der Waals surface area contributed by atoms with Gasteiger partial charge in [0.1, 0.15) is 12.4 Å². The summed E-state index contributed by atoms with van der Waals surface area (Å²) in [7, 11) is 0. The van der Waals surface area contributed by atoms with E-state index in [0.29, 0.717) is 0 Å². The molecule has 0 N–H and O–H groups in total. The highest BCUT2D eigenvalue weighted by Crippen LogP contribution is 2.14. The van der Waals surface area contributed by atoms with E-state index >= 15 is 0 Å². The summed E-state index contributed by atoms with van der Waals surface area (Å²) in [6.45, 7) is 9.38. The van der Waals surface area contributed by atoms with Crippen molar-refractivity contribution in [3.05, 3.63) is 18.2 Å². The van der Waals surface area contributed by atoms with Crippen LogP contribution in [0.5, 0.6) is 0 Å². The Morgan fingerprint density at radius 2 is 0.886 bits per heavy atom. The van der Waals surface area contributed by atoms with Crippen LogP contribution in [-0.4, -0.2) is 4.57 Å². The monoisotopic (exact) mass is 490 g/mol. The smallest absolute Gasteiger partial charge is 0.234 e. The molecule has 2 heteroatoms. The first-order chi connectivity index (χ1) is 17.3. The van der Waals surface area contributed by atoms with Gasteiger partial charge in [-0.3, -0.25) is 0 Å². The van der Waals surface area contributed by atoms with E-state index in [9.17, 15) is 0 Å². The predicted molar refractivity (Wildman–Crippen MR) is 156 cm³/mol. The molecule has 1 heterocycles. The quantitative estimate of drug-likeness (QED) is 0.0858. The summed E-state index contributed by atoms with van der Waals surface area (Å²) in [5.74, 6) is 1.60. The zero-order chi connectivity index (χ0) is 25.2. The number of unbranched alkanes of at least 4 members (excludes halogenated alkanes) is 21. The van der Waals surface area contributed by atoms with Crippen LogP contribution in [0.1, 0.15) is 181 Å². The number of rotatable bonds is 27. The summed E-state index contributed by atoms with van der Waals surface area (Å²) in [5.41, 5.74) is 0. The molecule has 1 aromatic rings. The molecule has 1 rings (SSSR count). The maximum atomic E-state index is 2.60. The van der Waals surface area contributed by atoms with E-state index in [1.165, 1.54) is 174 Å². The van der Waals surface area contributed by atoms with E-state index in [2.05, 4.69) is 42.3 Å². The van der Waals surface area contributed by atoms with E-state index in [1.54, 1.807) is 5.82 Å². The molecule has 206 valence electrons. The number of aromatic nitrogens is 2. The van der Waals surface area contributed by atoms with Gasteiger partial charge in [-0.2, -0.15) is 0 Å². The molecular formula is C33H65N2+. The molecule has 0 saturated carbocycles. The van der Waals surface area contributed by atoms with Gasteiger partial charge in [0.15, 0.2) is 0 Å². The Bertz CT molecular complexity index is 547. The van der Waals surface area contributed by atoms with Gasteiger partial charge in [0, 0.05) is 6.42 Å². The van der Waals surface area contributed by atoms with Crippen molar-refractivity contribution >= 4 is 0 Å². The maximum absolute atomic E-state index is 2.60. The Morgan fingerprint density at radius 1 is 0.486 bits per heavy atom. The molecule has 0 aliphatic rings. The zero-order valence-corrected chi connectivity index (χ0v) is 24.6. The number of imidazole rings is 1. The number of nitrogens with zero attached hydrogens (tertiary/aromatic N) is 2. The molecule has 0 atom stereocenters. The van der Waals surface area contributed by atoms with Gasteiger partial charge in [0.2, 0.25) is 0 Å². The fourth-order valence-electron chi connectivity index (χ4n) is 5.44. The summed E-state index contributed by atoms with van der Waals surface area (Å²) in [6.07, 6.45) is 40.0. The van der Waals surface area contributed by atoms with E-state index in [1.807, 2.05) is 0 Å². The lowest BCUT2D eigenvalue weighted by Crippen LogP contribution is -2.37. The van der Waals surface area contributed by atoms with Crippen LogP contribution in [0.25, 0.3) is 0 Å². The van der Waals surface area contributed by atoms with Crippen molar-refractivity contribution in [2.24, 2.45) is 0 Å². The van der Waals surface area contributed by atoms with Crippen LogP contribution < -0.4 is 4.57 Å². The van der Waals surface area contributed by atoms with E-state index in [-0.39, 0.29) is 0 Å². The third-order valence-electron chi connectivity index (χ3n) is 7.85. The largest absolute Gasteiger partial charge is 0.256 e. The second-order valence-electron chi connectivity index (χ2n) is 11.3. The highest BCUT2D eigenvalue weighted by atomic mass is 15.1. The van der Waals surface area contributed by atoms with Crippen molar-refractivity contribution in [3.8, 4) is 0 Å². The lowest BCUT2D eigenvalue weighted by Gasteiger charge is -2.07. The van der Waals surface area contributed by atoms with Crippen LogP contribution in [0.4, 0.5) is 0 Å². The lowest BCUT2D eigenvalue weighted by molar-refractivity contribution is -0.704. The lowest BCUT2D eigenvalue weighted by atomic mass is 10.0. The van der Waals surface area contributed by atoms with Gasteiger partial charge in [0.05, 0.1) is 13.1 Å². The van der Waals surface area contributed by atoms with Crippen molar-refractivity contribution in [2.45, 2.75) is 194 Å². The molecule has 0 radical (unpaired) electrons.